The van der Waals surface area contributed by atoms with Gasteiger partial charge in [0.05, 0.1) is 0 Å². The van der Waals surface area contributed by atoms with Crippen molar-refractivity contribution in [3.63, 3.8) is 0 Å². The van der Waals surface area contributed by atoms with Crippen LogP contribution in [-0.2, 0) is 0 Å². The molecule has 0 radical (unpaired) electrons. The van der Waals surface area contributed by atoms with Crippen molar-refractivity contribution in [2.75, 3.05) is 0 Å². The monoisotopic (exact) mass is 172 g/mol. The molecule has 1 aromatic rings. The average Bonchev–Trinajstić information content (AvgIpc) is 2.03. The molecule has 0 saturated heterocycles. The molecule has 1 aromatic heterocycles. The summed E-state index contributed by atoms with van der Waals surface area (Å²) in [4.78, 5) is 17.2. The molecule has 0 aromatic carbocycles. The highest BCUT2D eigenvalue weighted by atomic mass is 32.2. The van der Waals surface area contributed by atoms with Gasteiger partial charge in [-0.2, -0.15) is 0 Å². The van der Waals surface area contributed by atoms with Gasteiger partial charge < -0.3 is 9.29 Å². The third-order valence-electron chi connectivity index (χ3n) is 0.730. The molecule has 5 nitrogen and oxygen atoms in total. The van der Waals surface area contributed by atoms with Crippen molar-refractivity contribution in [2.45, 2.75) is 0 Å². The van der Waals surface area contributed by atoms with E-state index in [1.807, 2.05) is 0 Å². The SMILES string of the molecule is O=C(O)SOc1ncccn1. The second-order valence-electron chi connectivity index (χ2n) is 1.46. The summed E-state index contributed by atoms with van der Waals surface area (Å²) < 4.78 is 4.56. The first kappa shape index (κ1) is 7.80. The molecule has 0 saturated carbocycles. The number of rotatable bonds is 2. The van der Waals surface area contributed by atoms with Gasteiger partial charge in [0.2, 0.25) is 0 Å². The smallest absolute Gasteiger partial charge is 0.404 e. The molecule has 1 N–H and O–H groups in total. The summed E-state index contributed by atoms with van der Waals surface area (Å²) in [6.07, 6.45) is 2.93. The molecular weight excluding hydrogens is 168 g/mol. The fourth-order valence-corrected chi connectivity index (χ4v) is 0.633. The fraction of sp³-hybridized carbons (Fsp3) is 0. The Labute approximate surface area is 66.6 Å². The molecular formula is C5H4N2O3S. The van der Waals surface area contributed by atoms with Crippen molar-refractivity contribution < 1.29 is 14.1 Å². The lowest BCUT2D eigenvalue weighted by atomic mass is 10.7. The Kier molecular flexibility index (Phi) is 2.67. The van der Waals surface area contributed by atoms with Crippen LogP contribution < -0.4 is 4.18 Å². The highest BCUT2D eigenvalue weighted by Gasteiger charge is 2.01. The van der Waals surface area contributed by atoms with Gasteiger partial charge >= 0.3 is 11.3 Å². The number of carboxylic acid groups (broad SMARTS) is 1. The average molecular weight is 172 g/mol. The Morgan fingerprint density at radius 3 is 2.73 bits per heavy atom. The zero-order valence-corrected chi connectivity index (χ0v) is 6.11. The van der Waals surface area contributed by atoms with E-state index in [9.17, 15) is 4.79 Å². The van der Waals surface area contributed by atoms with Crippen LogP contribution in [0, 0.1) is 0 Å². The van der Waals surface area contributed by atoms with Gasteiger partial charge in [0.1, 0.15) is 0 Å². The van der Waals surface area contributed by atoms with Crippen molar-refractivity contribution in [1.29, 1.82) is 0 Å². The van der Waals surface area contributed by atoms with Crippen LogP contribution in [0.5, 0.6) is 6.01 Å². The number of aromatic nitrogens is 2. The minimum atomic E-state index is -1.13. The third-order valence-corrected chi connectivity index (χ3v) is 1.10. The van der Waals surface area contributed by atoms with Crippen LogP contribution in [-0.4, -0.2) is 20.4 Å². The molecule has 0 fully saturated rings. The van der Waals surface area contributed by atoms with Crippen LogP contribution in [0.1, 0.15) is 0 Å². The lowest BCUT2D eigenvalue weighted by Gasteiger charge is -1.94. The predicted molar refractivity (Wildman–Crippen MR) is 38.3 cm³/mol. The maximum Gasteiger partial charge on any atom is 0.404 e. The Morgan fingerprint density at radius 1 is 1.55 bits per heavy atom. The molecule has 0 unspecified atom stereocenters. The van der Waals surface area contributed by atoms with E-state index in [4.69, 9.17) is 5.11 Å². The molecule has 0 atom stereocenters. The van der Waals surface area contributed by atoms with Crippen LogP contribution in [0.25, 0.3) is 0 Å². The molecule has 0 amide bonds. The molecule has 0 aliphatic rings. The first-order valence-electron chi connectivity index (χ1n) is 2.63. The van der Waals surface area contributed by atoms with Crippen molar-refractivity contribution in [2.24, 2.45) is 0 Å². The van der Waals surface area contributed by atoms with Gasteiger partial charge in [-0.1, -0.05) is 0 Å². The zero-order valence-electron chi connectivity index (χ0n) is 5.30. The van der Waals surface area contributed by atoms with E-state index in [1.165, 1.54) is 12.4 Å². The van der Waals surface area contributed by atoms with Gasteiger partial charge in [-0.3, -0.25) is 0 Å². The summed E-state index contributed by atoms with van der Waals surface area (Å²) in [5.74, 6) is 0. The van der Waals surface area contributed by atoms with Gasteiger partial charge in [0.25, 0.3) is 0 Å². The van der Waals surface area contributed by atoms with Crippen LogP contribution in [0.15, 0.2) is 18.5 Å². The quantitative estimate of drug-likeness (QED) is 0.675. The number of nitrogens with zero attached hydrogens (tertiary/aromatic N) is 2. The standard InChI is InChI=1S/C5H4N2O3S/c8-5(9)11-10-4-6-2-1-3-7-4/h1-3H,(H,8,9). The van der Waals surface area contributed by atoms with Gasteiger partial charge in [-0.05, 0) is 6.07 Å². The van der Waals surface area contributed by atoms with E-state index in [0.29, 0.717) is 0 Å². The minimum Gasteiger partial charge on any atom is -0.471 e. The Morgan fingerprint density at radius 2 is 2.18 bits per heavy atom. The first-order chi connectivity index (χ1) is 5.29. The summed E-state index contributed by atoms with van der Waals surface area (Å²) in [5, 5.41) is 7.03. The molecule has 6 heteroatoms. The molecule has 0 aliphatic heterocycles. The predicted octanol–water partition coefficient (Wildman–Crippen LogP) is 1.18. The number of carbonyl (C=O) groups is 1. The lowest BCUT2D eigenvalue weighted by Crippen LogP contribution is -1.92. The molecule has 58 valence electrons. The van der Waals surface area contributed by atoms with Crippen molar-refractivity contribution in [1.82, 2.24) is 9.97 Å². The first-order valence-corrected chi connectivity index (χ1v) is 3.37. The van der Waals surface area contributed by atoms with E-state index in [2.05, 4.69) is 14.2 Å². The lowest BCUT2D eigenvalue weighted by molar-refractivity contribution is 0.221. The van der Waals surface area contributed by atoms with E-state index in [0.717, 1.165) is 0 Å². The van der Waals surface area contributed by atoms with Gasteiger partial charge in [0.15, 0.2) is 12.0 Å². The molecule has 1 heterocycles. The Bertz CT molecular complexity index is 241. The van der Waals surface area contributed by atoms with Crippen LogP contribution in [0.3, 0.4) is 0 Å². The second-order valence-corrected chi connectivity index (χ2v) is 2.15. The molecule has 0 aliphatic carbocycles. The van der Waals surface area contributed by atoms with E-state index >= 15 is 0 Å². The Hall–Kier alpha value is -1.30. The fourth-order valence-electron chi connectivity index (χ4n) is 0.401. The summed E-state index contributed by atoms with van der Waals surface area (Å²) in [5.41, 5.74) is 0. The zero-order chi connectivity index (χ0) is 8.10. The van der Waals surface area contributed by atoms with Crippen LogP contribution in [0.4, 0.5) is 4.79 Å². The number of hydrogen-bond donors (Lipinski definition) is 1. The maximum absolute atomic E-state index is 9.96. The summed E-state index contributed by atoms with van der Waals surface area (Å²) in [7, 11) is 0. The highest BCUT2D eigenvalue weighted by molar-refractivity contribution is 8.09. The molecule has 11 heavy (non-hydrogen) atoms. The van der Waals surface area contributed by atoms with Crippen LogP contribution in [0.2, 0.25) is 0 Å². The van der Waals surface area contributed by atoms with Crippen LogP contribution >= 0.6 is 12.0 Å². The summed E-state index contributed by atoms with van der Waals surface area (Å²) in [6.45, 7) is 0. The van der Waals surface area contributed by atoms with Crippen molar-refractivity contribution in [3.05, 3.63) is 18.5 Å². The van der Waals surface area contributed by atoms with Gasteiger partial charge in [-0.15, -0.1) is 0 Å². The second kappa shape index (κ2) is 3.77. The van der Waals surface area contributed by atoms with E-state index in [1.54, 1.807) is 6.07 Å². The van der Waals surface area contributed by atoms with E-state index < -0.39 is 5.30 Å². The summed E-state index contributed by atoms with van der Waals surface area (Å²) in [6, 6.07) is 1.65. The minimum absolute atomic E-state index is 0.0416. The normalized spacial score (nSPS) is 9.09. The highest BCUT2D eigenvalue weighted by Crippen LogP contribution is 2.08. The van der Waals surface area contributed by atoms with Gasteiger partial charge in [0, 0.05) is 12.4 Å². The Balaban J connectivity index is 2.45. The van der Waals surface area contributed by atoms with Crippen molar-refractivity contribution in [3.8, 4) is 6.01 Å². The van der Waals surface area contributed by atoms with Crippen molar-refractivity contribution >= 4 is 17.3 Å². The topological polar surface area (TPSA) is 72.3 Å². The molecule has 1 rings (SSSR count). The number of hydrogen-bond acceptors (Lipinski definition) is 5. The van der Waals surface area contributed by atoms with Gasteiger partial charge in [-0.25, -0.2) is 14.8 Å². The third kappa shape index (κ3) is 2.85. The maximum atomic E-state index is 9.96. The molecule has 0 spiro atoms. The molecule has 0 bridgehead atoms. The largest absolute Gasteiger partial charge is 0.471 e. The summed E-state index contributed by atoms with van der Waals surface area (Å²) >= 11 is 0.276. The van der Waals surface area contributed by atoms with E-state index in [-0.39, 0.29) is 18.1 Å².